The summed E-state index contributed by atoms with van der Waals surface area (Å²) in [5.74, 6) is 1.89. The molecule has 0 bridgehead atoms. The van der Waals surface area contributed by atoms with Gasteiger partial charge in [0.05, 0.1) is 28.4 Å². The highest BCUT2D eigenvalue weighted by Crippen LogP contribution is 2.39. The zero-order valence-electron chi connectivity index (χ0n) is 20.0. The van der Waals surface area contributed by atoms with E-state index in [1.54, 1.807) is 36.8 Å². The molecule has 0 aliphatic heterocycles. The minimum absolute atomic E-state index is 0.174. The third-order valence-corrected chi connectivity index (χ3v) is 6.33. The number of rotatable bonds is 10. The number of anilines is 1. The standard InChI is InChI=1S/C27H26N2O5S/c1-31-20-8-5-17(6-9-20)16-29-22-13-18(27-28-11-12-35-27)7-10-21(22)25(30)19-14-23(32-2)26(34-4)24(15-19)33-3/h5-15,29H,16H2,1-4H3. The van der Waals surface area contributed by atoms with Gasteiger partial charge in [-0.1, -0.05) is 18.2 Å². The van der Waals surface area contributed by atoms with E-state index in [9.17, 15) is 4.79 Å². The van der Waals surface area contributed by atoms with Gasteiger partial charge in [0.2, 0.25) is 5.75 Å². The molecule has 1 heterocycles. The maximum absolute atomic E-state index is 13.7. The molecule has 8 heteroatoms. The third kappa shape index (κ3) is 5.22. The minimum atomic E-state index is -0.174. The zero-order chi connectivity index (χ0) is 24.8. The summed E-state index contributed by atoms with van der Waals surface area (Å²) in [6.07, 6.45) is 1.76. The number of hydrogen-bond donors (Lipinski definition) is 1. The van der Waals surface area contributed by atoms with E-state index >= 15 is 0 Å². The lowest BCUT2D eigenvalue weighted by molar-refractivity contribution is 0.103. The number of carbonyl (C=O) groups excluding carboxylic acids is 1. The predicted octanol–water partition coefficient (Wildman–Crippen LogP) is 5.69. The zero-order valence-corrected chi connectivity index (χ0v) is 20.8. The highest BCUT2D eigenvalue weighted by atomic mass is 32.1. The maximum Gasteiger partial charge on any atom is 0.203 e. The van der Waals surface area contributed by atoms with Gasteiger partial charge in [-0.3, -0.25) is 4.79 Å². The molecule has 0 fully saturated rings. The Kier molecular flexibility index (Phi) is 7.52. The van der Waals surface area contributed by atoms with E-state index in [1.165, 1.54) is 21.3 Å². The highest BCUT2D eigenvalue weighted by Gasteiger charge is 2.21. The Morgan fingerprint density at radius 2 is 1.60 bits per heavy atom. The Morgan fingerprint density at radius 1 is 0.886 bits per heavy atom. The van der Waals surface area contributed by atoms with E-state index in [0.717, 1.165) is 21.9 Å². The molecule has 0 radical (unpaired) electrons. The Balaban J connectivity index is 1.72. The fourth-order valence-electron chi connectivity index (χ4n) is 3.70. The molecular weight excluding hydrogens is 464 g/mol. The molecule has 1 aromatic heterocycles. The van der Waals surface area contributed by atoms with Crippen molar-refractivity contribution in [3.05, 3.63) is 82.9 Å². The van der Waals surface area contributed by atoms with Gasteiger partial charge < -0.3 is 24.3 Å². The second kappa shape index (κ2) is 10.9. The molecule has 4 aromatic rings. The van der Waals surface area contributed by atoms with Crippen LogP contribution in [0.3, 0.4) is 0 Å². The summed E-state index contributed by atoms with van der Waals surface area (Å²) < 4.78 is 21.5. The number of thiazole rings is 1. The van der Waals surface area contributed by atoms with Crippen molar-refractivity contribution in [3.63, 3.8) is 0 Å². The van der Waals surface area contributed by atoms with Crippen molar-refractivity contribution in [2.24, 2.45) is 0 Å². The van der Waals surface area contributed by atoms with Crippen molar-refractivity contribution in [3.8, 4) is 33.6 Å². The van der Waals surface area contributed by atoms with Crippen LogP contribution in [0.25, 0.3) is 10.6 Å². The van der Waals surface area contributed by atoms with Crippen molar-refractivity contribution in [2.75, 3.05) is 33.8 Å². The molecule has 0 amide bonds. The van der Waals surface area contributed by atoms with Crippen LogP contribution >= 0.6 is 11.3 Å². The lowest BCUT2D eigenvalue weighted by Crippen LogP contribution is -2.09. The smallest absolute Gasteiger partial charge is 0.203 e. The van der Waals surface area contributed by atoms with Gasteiger partial charge in [-0.25, -0.2) is 4.98 Å². The Hall–Kier alpha value is -4.04. The summed E-state index contributed by atoms with van der Waals surface area (Å²) in [5.41, 5.74) is 3.63. The largest absolute Gasteiger partial charge is 0.497 e. The van der Waals surface area contributed by atoms with Gasteiger partial charge in [0.1, 0.15) is 10.8 Å². The van der Waals surface area contributed by atoms with Crippen LogP contribution in [0.5, 0.6) is 23.0 Å². The lowest BCUT2D eigenvalue weighted by atomic mass is 9.99. The Bertz CT molecular complexity index is 1280. The molecule has 180 valence electrons. The number of benzene rings is 3. The first-order valence-electron chi connectivity index (χ1n) is 10.8. The van der Waals surface area contributed by atoms with Crippen LogP contribution in [0, 0.1) is 0 Å². The predicted molar refractivity (Wildman–Crippen MR) is 137 cm³/mol. The van der Waals surface area contributed by atoms with Gasteiger partial charge in [0.25, 0.3) is 0 Å². The molecule has 4 rings (SSSR count). The van der Waals surface area contributed by atoms with Crippen molar-refractivity contribution >= 4 is 22.8 Å². The number of ether oxygens (including phenoxy) is 4. The van der Waals surface area contributed by atoms with E-state index in [0.29, 0.717) is 40.6 Å². The van der Waals surface area contributed by atoms with E-state index < -0.39 is 0 Å². The fourth-order valence-corrected chi connectivity index (χ4v) is 4.33. The van der Waals surface area contributed by atoms with Crippen LogP contribution in [0.4, 0.5) is 5.69 Å². The number of hydrogen-bond acceptors (Lipinski definition) is 8. The average Bonchev–Trinajstić information content (AvgIpc) is 3.46. The topological polar surface area (TPSA) is 78.9 Å². The van der Waals surface area contributed by atoms with Crippen LogP contribution in [0.2, 0.25) is 0 Å². The molecule has 35 heavy (non-hydrogen) atoms. The number of nitrogens with zero attached hydrogens (tertiary/aromatic N) is 1. The summed E-state index contributed by atoms with van der Waals surface area (Å²) in [7, 11) is 6.21. The van der Waals surface area contributed by atoms with Gasteiger partial charge in [-0.2, -0.15) is 0 Å². The number of carbonyl (C=O) groups is 1. The first-order chi connectivity index (χ1) is 17.1. The summed E-state index contributed by atoms with van der Waals surface area (Å²) in [6, 6.07) is 16.8. The molecular formula is C27H26N2O5S. The number of ketones is 1. The van der Waals surface area contributed by atoms with Crippen molar-refractivity contribution in [2.45, 2.75) is 6.54 Å². The molecule has 0 saturated carbocycles. The quantitative estimate of drug-likeness (QED) is 0.286. The normalized spacial score (nSPS) is 10.5. The van der Waals surface area contributed by atoms with Crippen LogP contribution in [-0.2, 0) is 6.54 Å². The summed E-state index contributed by atoms with van der Waals surface area (Å²) in [6.45, 7) is 0.529. The monoisotopic (exact) mass is 490 g/mol. The average molecular weight is 491 g/mol. The number of methoxy groups -OCH3 is 4. The molecule has 0 aliphatic carbocycles. The van der Waals surface area contributed by atoms with E-state index in [-0.39, 0.29) is 5.78 Å². The molecule has 7 nitrogen and oxygen atoms in total. The van der Waals surface area contributed by atoms with Gasteiger partial charge in [0, 0.05) is 40.5 Å². The number of nitrogens with one attached hydrogen (secondary N) is 1. The molecule has 0 saturated heterocycles. The van der Waals surface area contributed by atoms with Gasteiger partial charge in [-0.05, 0) is 42.0 Å². The third-order valence-electron chi connectivity index (χ3n) is 5.51. The van der Waals surface area contributed by atoms with Crippen LogP contribution in [0.15, 0.2) is 66.2 Å². The first-order valence-corrected chi connectivity index (χ1v) is 11.7. The van der Waals surface area contributed by atoms with Crippen LogP contribution < -0.4 is 24.3 Å². The SMILES string of the molecule is COc1ccc(CNc2cc(-c3nccs3)ccc2C(=O)c2cc(OC)c(OC)c(OC)c2)cc1. The van der Waals surface area contributed by atoms with Crippen LogP contribution in [0.1, 0.15) is 21.5 Å². The first kappa shape index (κ1) is 24.1. The van der Waals surface area contributed by atoms with Crippen LogP contribution in [-0.4, -0.2) is 39.2 Å². The van der Waals surface area contributed by atoms with Gasteiger partial charge in [-0.15, -0.1) is 11.3 Å². The van der Waals surface area contributed by atoms with E-state index in [4.69, 9.17) is 18.9 Å². The maximum atomic E-state index is 13.7. The van der Waals surface area contributed by atoms with E-state index in [2.05, 4.69) is 10.3 Å². The molecule has 0 unspecified atom stereocenters. The molecule has 1 N–H and O–H groups in total. The molecule has 0 aliphatic rings. The molecule has 3 aromatic carbocycles. The van der Waals surface area contributed by atoms with Gasteiger partial charge in [0.15, 0.2) is 17.3 Å². The Morgan fingerprint density at radius 3 is 2.17 bits per heavy atom. The van der Waals surface area contributed by atoms with Crippen molar-refractivity contribution in [1.29, 1.82) is 0 Å². The molecule has 0 spiro atoms. The number of aromatic nitrogens is 1. The second-order valence-electron chi connectivity index (χ2n) is 7.54. The summed E-state index contributed by atoms with van der Waals surface area (Å²) in [4.78, 5) is 18.1. The van der Waals surface area contributed by atoms with Crippen molar-refractivity contribution in [1.82, 2.24) is 4.98 Å². The summed E-state index contributed by atoms with van der Waals surface area (Å²) in [5, 5.41) is 6.23. The molecule has 0 atom stereocenters. The van der Waals surface area contributed by atoms with Crippen molar-refractivity contribution < 1.29 is 23.7 Å². The fraction of sp³-hybridized carbons (Fsp3) is 0.185. The summed E-state index contributed by atoms with van der Waals surface area (Å²) >= 11 is 1.54. The lowest BCUT2D eigenvalue weighted by Gasteiger charge is -2.16. The minimum Gasteiger partial charge on any atom is -0.497 e. The second-order valence-corrected chi connectivity index (χ2v) is 8.44. The highest BCUT2D eigenvalue weighted by molar-refractivity contribution is 7.13. The Labute approximate surface area is 208 Å². The van der Waals surface area contributed by atoms with Gasteiger partial charge >= 0.3 is 0 Å². The van der Waals surface area contributed by atoms with E-state index in [1.807, 2.05) is 47.8 Å².